The quantitative estimate of drug-likeness (QED) is 0.465. The first-order valence-corrected chi connectivity index (χ1v) is 8.66. The smallest absolute Gasteiger partial charge is 0.338 e. The molecule has 1 aromatic carbocycles. The van der Waals surface area contributed by atoms with E-state index in [1.165, 1.54) is 0 Å². The maximum absolute atomic E-state index is 12.0. The number of esters is 1. The SMILES string of the molecule is CCOC(=O)c1ccc(NC(=O)CSc2nc(C)c(C)c(=O)[nH]2)cc1. The van der Waals surface area contributed by atoms with Gasteiger partial charge in [-0.3, -0.25) is 9.59 Å². The minimum absolute atomic E-state index is 0.102. The van der Waals surface area contributed by atoms with E-state index in [-0.39, 0.29) is 17.2 Å². The number of thioether (sulfide) groups is 1. The van der Waals surface area contributed by atoms with Crippen LogP contribution in [0.3, 0.4) is 0 Å². The molecule has 7 nitrogen and oxygen atoms in total. The van der Waals surface area contributed by atoms with Crippen LogP contribution >= 0.6 is 11.8 Å². The third-order valence-corrected chi connectivity index (χ3v) is 4.27. The van der Waals surface area contributed by atoms with Gasteiger partial charge in [-0.15, -0.1) is 0 Å². The van der Waals surface area contributed by atoms with Crippen molar-refractivity contribution < 1.29 is 14.3 Å². The highest BCUT2D eigenvalue weighted by Gasteiger charge is 2.09. The molecule has 0 bridgehead atoms. The average molecular weight is 361 g/mol. The summed E-state index contributed by atoms with van der Waals surface area (Å²) in [5, 5.41) is 3.12. The number of anilines is 1. The zero-order chi connectivity index (χ0) is 18.4. The largest absolute Gasteiger partial charge is 0.462 e. The van der Waals surface area contributed by atoms with Crippen molar-refractivity contribution >= 4 is 29.3 Å². The van der Waals surface area contributed by atoms with Crippen molar-refractivity contribution in [2.24, 2.45) is 0 Å². The summed E-state index contributed by atoms with van der Waals surface area (Å²) in [6, 6.07) is 6.43. The standard InChI is InChI=1S/C17H19N3O4S/c1-4-24-16(23)12-5-7-13(8-6-12)19-14(21)9-25-17-18-11(3)10(2)15(22)20-17/h5-8H,4,9H2,1-3H3,(H,19,21)(H,18,20,22). The third kappa shape index (κ3) is 5.18. The number of nitrogens with one attached hydrogen (secondary N) is 2. The van der Waals surface area contributed by atoms with E-state index in [2.05, 4.69) is 15.3 Å². The monoisotopic (exact) mass is 361 g/mol. The van der Waals surface area contributed by atoms with Crippen molar-refractivity contribution in [3.05, 3.63) is 51.4 Å². The lowest BCUT2D eigenvalue weighted by molar-refractivity contribution is -0.113. The van der Waals surface area contributed by atoms with Gasteiger partial charge in [-0.1, -0.05) is 11.8 Å². The van der Waals surface area contributed by atoms with Crippen LogP contribution in [-0.2, 0) is 9.53 Å². The van der Waals surface area contributed by atoms with Crippen molar-refractivity contribution in [3.63, 3.8) is 0 Å². The average Bonchev–Trinajstić information content (AvgIpc) is 2.58. The van der Waals surface area contributed by atoms with Gasteiger partial charge >= 0.3 is 5.97 Å². The van der Waals surface area contributed by atoms with Crippen molar-refractivity contribution in [2.75, 3.05) is 17.7 Å². The van der Waals surface area contributed by atoms with Crippen LogP contribution in [0.4, 0.5) is 5.69 Å². The molecule has 0 unspecified atom stereocenters. The Kier molecular flexibility index (Phi) is 6.35. The molecule has 1 aromatic heterocycles. The lowest BCUT2D eigenvalue weighted by atomic mass is 10.2. The highest BCUT2D eigenvalue weighted by Crippen LogP contribution is 2.14. The second-order valence-corrected chi connectivity index (χ2v) is 6.18. The Morgan fingerprint density at radius 2 is 1.92 bits per heavy atom. The molecule has 0 aliphatic heterocycles. The first-order chi connectivity index (χ1) is 11.9. The maximum atomic E-state index is 12.0. The van der Waals surface area contributed by atoms with Gasteiger partial charge in [0.25, 0.3) is 5.56 Å². The Balaban J connectivity index is 1.92. The van der Waals surface area contributed by atoms with Gasteiger partial charge in [-0.05, 0) is 45.0 Å². The Hall–Kier alpha value is -2.61. The second kappa shape index (κ2) is 8.48. The van der Waals surface area contributed by atoms with E-state index < -0.39 is 5.97 Å². The number of amides is 1. The molecule has 2 aromatic rings. The number of hydrogen-bond acceptors (Lipinski definition) is 6. The number of H-pyrrole nitrogens is 1. The Morgan fingerprint density at radius 3 is 2.52 bits per heavy atom. The molecule has 25 heavy (non-hydrogen) atoms. The Bertz CT molecular complexity index is 831. The summed E-state index contributed by atoms with van der Waals surface area (Å²) in [7, 11) is 0. The zero-order valence-corrected chi connectivity index (χ0v) is 15.0. The van der Waals surface area contributed by atoms with Crippen molar-refractivity contribution in [1.29, 1.82) is 0 Å². The van der Waals surface area contributed by atoms with E-state index in [1.807, 2.05) is 0 Å². The lowest BCUT2D eigenvalue weighted by Crippen LogP contribution is -2.17. The second-order valence-electron chi connectivity index (χ2n) is 5.22. The molecule has 2 rings (SSSR count). The maximum Gasteiger partial charge on any atom is 0.338 e. The highest BCUT2D eigenvalue weighted by atomic mass is 32.2. The Labute approximate surface area is 149 Å². The van der Waals surface area contributed by atoms with E-state index in [1.54, 1.807) is 45.0 Å². The van der Waals surface area contributed by atoms with E-state index in [0.717, 1.165) is 11.8 Å². The van der Waals surface area contributed by atoms with Gasteiger partial charge in [0, 0.05) is 16.9 Å². The highest BCUT2D eigenvalue weighted by molar-refractivity contribution is 7.99. The van der Waals surface area contributed by atoms with Crippen LogP contribution in [-0.4, -0.2) is 34.2 Å². The fourth-order valence-corrected chi connectivity index (χ4v) is 2.63. The topological polar surface area (TPSA) is 101 Å². The molecule has 0 spiro atoms. The zero-order valence-electron chi connectivity index (χ0n) is 14.2. The van der Waals surface area contributed by atoms with Crippen LogP contribution in [0.1, 0.15) is 28.5 Å². The normalized spacial score (nSPS) is 10.4. The molecule has 132 valence electrons. The van der Waals surface area contributed by atoms with Gasteiger partial charge in [0.1, 0.15) is 0 Å². The number of aromatic nitrogens is 2. The number of benzene rings is 1. The number of rotatable bonds is 6. The minimum Gasteiger partial charge on any atom is -0.462 e. The van der Waals surface area contributed by atoms with Crippen molar-refractivity contribution in [3.8, 4) is 0 Å². The van der Waals surface area contributed by atoms with Gasteiger partial charge in [0.05, 0.1) is 17.9 Å². The molecule has 0 radical (unpaired) electrons. The molecule has 1 heterocycles. The van der Waals surface area contributed by atoms with E-state index in [4.69, 9.17) is 4.74 Å². The van der Waals surface area contributed by atoms with Gasteiger partial charge in [0.15, 0.2) is 5.16 Å². The van der Waals surface area contributed by atoms with Gasteiger partial charge in [-0.2, -0.15) is 0 Å². The Morgan fingerprint density at radius 1 is 1.24 bits per heavy atom. The van der Waals surface area contributed by atoms with Gasteiger partial charge < -0.3 is 15.0 Å². The molecule has 0 fully saturated rings. The van der Waals surface area contributed by atoms with Gasteiger partial charge in [0.2, 0.25) is 5.91 Å². The number of aryl methyl sites for hydroxylation is 1. The first-order valence-electron chi connectivity index (χ1n) is 7.68. The summed E-state index contributed by atoms with van der Waals surface area (Å²) in [6.45, 7) is 5.49. The fraction of sp³-hybridized carbons (Fsp3) is 0.294. The van der Waals surface area contributed by atoms with Crippen LogP contribution in [0.2, 0.25) is 0 Å². The van der Waals surface area contributed by atoms with Gasteiger partial charge in [-0.25, -0.2) is 9.78 Å². The summed E-state index contributed by atoms with van der Waals surface area (Å²) in [6.07, 6.45) is 0. The predicted molar refractivity (Wildman–Crippen MR) is 96.1 cm³/mol. The first kappa shape index (κ1) is 18.7. The van der Waals surface area contributed by atoms with Crippen LogP contribution in [0.15, 0.2) is 34.2 Å². The number of aromatic amines is 1. The summed E-state index contributed by atoms with van der Waals surface area (Å²) >= 11 is 1.15. The summed E-state index contributed by atoms with van der Waals surface area (Å²) in [5.41, 5.74) is 1.99. The number of hydrogen-bond donors (Lipinski definition) is 2. The van der Waals surface area contributed by atoms with E-state index >= 15 is 0 Å². The van der Waals surface area contributed by atoms with Crippen molar-refractivity contribution in [2.45, 2.75) is 25.9 Å². The van der Waals surface area contributed by atoms with E-state index in [0.29, 0.717) is 34.3 Å². The van der Waals surface area contributed by atoms with Crippen molar-refractivity contribution in [1.82, 2.24) is 9.97 Å². The van der Waals surface area contributed by atoms with Crippen LogP contribution < -0.4 is 10.9 Å². The molecular weight excluding hydrogens is 342 g/mol. The predicted octanol–water partition coefficient (Wildman–Crippen LogP) is 2.29. The molecule has 1 amide bonds. The molecule has 8 heteroatoms. The van der Waals surface area contributed by atoms with E-state index in [9.17, 15) is 14.4 Å². The molecule has 0 saturated heterocycles. The fourth-order valence-electron chi connectivity index (χ4n) is 1.92. The molecule has 2 N–H and O–H groups in total. The van der Waals surface area contributed by atoms with Crippen LogP contribution in [0.5, 0.6) is 0 Å². The lowest BCUT2D eigenvalue weighted by Gasteiger charge is -2.07. The number of carbonyl (C=O) groups excluding carboxylic acids is 2. The number of carbonyl (C=O) groups is 2. The van der Waals surface area contributed by atoms with Crippen LogP contribution in [0, 0.1) is 13.8 Å². The summed E-state index contributed by atoms with van der Waals surface area (Å²) in [5.74, 6) is -0.541. The minimum atomic E-state index is -0.402. The molecule has 0 aliphatic carbocycles. The third-order valence-electron chi connectivity index (χ3n) is 3.39. The molecule has 0 saturated carbocycles. The number of ether oxygens (including phenoxy) is 1. The van der Waals surface area contributed by atoms with Crippen LogP contribution in [0.25, 0.3) is 0 Å². The molecular formula is C17H19N3O4S. The molecule has 0 atom stereocenters. The summed E-state index contributed by atoms with van der Waals surface area (Å²) < 4.78 is 4.90. The molecule has 0 aliphatic rings. The number of nitrogens with zero attached hydrogens (tertiary/aromatic N) is 1. The summed E-state index contributed by atoms with van der Waals surface area (Å²) in [4.78, 5) is 42.1.